The lowest BCUT2D eigenvalue weighted by Crippen LogP contribution is -2.65. The van der Waals surface area contributed by atoms with Crippen molar-refractivity contribution in [2.45, 2.75) is 61.3 Å². The molecular formula is C12H23NO10. The minimum absolute atomic E-state index is 0.598. The Morgan fingerprint density at radius 3 is 1.91 bits per heavy atom. The van der Waals surface area contributed by atoms with Gasteiger partial charge in [-0.05, 0) is 0 Å². The lowest BCUT2D eigenvalue weighted by Gasteiger charge is -2.45. The Labute approximate surface area is 131 Å². The number of hydrogen-bond donors (Lipinski definition) is 8. The van der Waals surface area contributed by atoms with Gasteiger partial charge < -0.3 is 55.7 Å². The summed E-state index contributed by atoms with van der Waals surface area (Å²) in [7, 11) is 0. The van der Waals surface area contributed by atoms with Crippen LogP contribution in [0.2, 0.25) is 0 Å². The highest BCUT2D eigenvalue weighted by Gasteiger charge is 2.49. The number of aliphatic hydroxyl groups excluding tert-OH is 7. The highest BCUT2D eigenvalue weighted by atomic mass is 16.7. The van der Waals surface area contributed by atoms with Gasteiger partial charge in [0.05, 0.1) is 13.2 Å². The highest BCUT2D eigenvalue weighted by molar-refractivity contribution is 4.94. The molecule has 11 nitrogen and oxygen atoms in total. The van der Waals surface area contributed by atoms with E-state index in [1.54, 1.807) is 0 Å². The van der Waals surface area contributed by atoms with Crippen LogP contribution in [0.5, 0.6) is 0 Å². The molecule has 23 heavy (non-hydrogen) atoms. The molecule has 2 heterocycles. The molecule has 2 rings (SSSR count). The number of nitrogens with two attached hydrogens (primary N) is 1. The molecule has 0 bridgehead atoms. The second kappa shape index (κ2) is 7.63. The van der Waals surface area contributed by atoms with E-state index in [1.807, 2.05) is 0 Å². The predicted molar refractivity (Wildman–Crippen MR) is 70.6 cm³/mol. The second-order valence-electron chi connectivity index (χ2n) is 5.60. The maximum atomic E-state index is 10.0. The molecule has 0 aliphatic carbocycles. The van der Waals surface area contributed by atoms with Crippen LogP contribution in [0.3, 0.4) is 0 Å². The highest BCUT2D eigenvalue weighted by Crippen LogP contribution is 2.28. The van der Waals surface area contributed by atoms with Crippen molar-refractivity contribution in [3.8, 4) is 0 Å². The summed E-state index contributed by atoms with van der Waals surface area (Å²) in [5.74, 6) is 0. The van der Waals surface area contributed by atoms with Gasteiger partial charge in [0.1, 0.15) is 55.1 Å². The smallest absolute Gasteiger partial charge is 0.187 e. The minimum Gasteiger partial charge on any atom is -0.394 e. The van der Waals surface area contributed by atoms with E-state index >= 15 is 0 Å². The summed E-state index contributed by atoms with van der Waals surface area (Å²) in [6, 6.07) is 0. The van der Waals surface area contributed by atoms with Crippen molar-refractivity contribution in [3.63, 3.8) is 0 Å². The Balaban J connectivity index is 2.11. The standard InChI is InChI=1S/C12H23NO10/c13-11-8(19)7(18)10(4(2-15)21-11)23-12-9(20)6(17)5(16)3(1-14)22-12/h3-12,14-20H,1-2,13H2/t3?,4?,5-,6?,7?,8-,9-,10+,11+,12-/m0/s1. The van der Waals surface area contributed by atoms with Crippen molar-refractivity contribution in [2.24, 2.45) is 5.73 Å². The Bertz CT molecular complexity index is 383. The molecule has 0 aromatic heterocycles. The third-order valence-corrected chi connectivity index (χ3v) is 4.04. The van der Waals surface area contributed by atoms with E-state index in [1.165, 1.54) is 0 Å². The van der Waals surface area contributed by atoms with E-state index in [2.05, 4.69) is 0 Å². The van der Waals surface area contributed by atoms with Gasteiger partial charge in [0.2, 0.25) is 0 Å². The number of ether oxygens (including phenoxy) is 3. The van der Waals surface area contributed by atoms with Gasteiger partial charge in [0.15, 0.2) is 6.29 Å². The molecule has 9 N–H and O–H groups in total. The SMILES string of the molecule is N[C@@H]1OC(CO)[C@@H](O[C@@H]2OC(CO)[C@H](O)C(O)[C@@H]2O)C(O)[C@@H]1O. The fourth-order valence-corrected chi connectivity index (χ4v) is 2.62. The molecule has 10 atom stereocenters. The van der Waals surface area contributed by atoms with Crippen LogP contribution in [0.15, 0.2) is 0 Å². The van der Waals surface area contributed by atoms with Crippen LogP contribution in [-0.4, -0.2) is 110 Å². The van der Waals surface area contributed by atoms with Gasteiger partial charge in [0.25, 0.3) is 0 Å². The van der Waals surface area contributed by atoms with Gasteiger partial charge >= 0.3 is 0 Å². The van der Waals surface area contributed by atoms with Crippen molar-refractivity contribution >= 4 is 0 Å². The molecule has 2 fully saturated rings. The summed E-state index contributed by atoms with van der Waals surface area (Å²) in [6.07, 6.45) is -14.4. The molecule has 4 unspecified atom stereocenters. The van der Waals surface area contributed by atoms with Crippen LogP contribution < -0.4 is 5.73 Å². The summed E-state index contributed by atoms with van der Waals surface area (Å²) in [5.41, 5.74) is 5.46. The van der Waals surface area contributed by atoms with Gasteiger partial charge in [-0.2, -0.15) is 0 Å². The molecule has 0 radical (unpaired) electrons. The van der Waals surface area contributed by atoms with Gasteiger partial charge in [-0.1, -0.05) is 0 Å². The first-order chi connectivity index (χ1) is 10.8. The zero-order valence-electron chi connectivity index (χ0n) is 12.1. The van der Waals surface area contributed by atoms with Gasteiger partial charge in [-0.3, -0.25) is 0 Å². The average Bonchev–Trinajstić information content (AvgIpc) is 2.55. The molecule has 0 amide bonds. The van der Waals surface area contributed by atoms with Crippen molar-refractivity contribution < 1.29 is 50.0 Å². The molecule has 2 aliphatic rings. The Hall–Kier alpha value is -0.440. The Morgan fingerprint density at radius 1 is 0.739 bits per heavy atom. The third-order valence-electron chi connectivity index (χ3n) is 4.04. The first-order valence-corrected chi connectivity index (χ1v) is 7.15. The second-order valence-corrected chi connectivity index (χ2v) is 5.60. The first kappa shape index (κ1) is 18.9. The molecule has 2 aliphatic heterocycles. The zero-order chi connectivity index (χ0) is 17.3. The molecule has 0 aromatic carbocycles. The van der Waals surface area contributed by atoms with Crippen molar-refractivity contribution in [2.75, 3.05) is 13.2 Å². The van der Waals surface area contributed by atoms with Crippen molar-refractivity contribution in [1.29, 1.82) is 0 Å². The summed E-state index contributed by atoms with van der Waals surface area (Å²) in [4.78, 5) is 0. The van der Waals surface area contributed by atoms with E-state index < -0.39 is 74.6 Å². The summed E-state index contributed by atoms with van der Waals surface area (Å²) in [6.45, 7) is -1.25. The largest absolute Gasteiger partial charge is 0.394 e. The third kappa shape index (κ3) is 3.65. The molecule has 0 spiro atoms. The molecular weight excluding hydrogens is 318 g/mol. The quantitative estimate of drug-likeness (QED) is 0.243. The number of aliphatic hydroxyl groups is 7. The first-order valence-electron chi connectivity index (χ1n) is 7.15. The number of hydrogen-bond acceptors (Lipinski definition) is 11. The lowest BCUT2D eigenvalue weighted by atomic mass is 9.96. The monoisotopic (exact) mass is 341 g/mol. The Kier molecular flexibility index (Phi) is 6.27. The van der Waals surface area contributed by atoms with Gasteiger partial charge in [-0.15, -0.1) is 0 Å². The van der Waals surface area contributed by atoms with Crippen molar-refractivity contribution in [1.82, 2.24) is 0 Å². The van der Waals surface area contributed by atoms with Crippen LogP contribution >= 0.6 is 0 Å². The fourth-order valence-electron chi connectivity index (χ4n) is 2.62. The van der Waals surface area contributed by atoms with E-state index in [-0.39, 0.29) is 0 Å². The zero-order valence-corrected chi connectivity index (χ0v) is 12.1. The van der Waals surface area contributed by atoms with Crippen LogP contribution in [0, 0.1) is 0 Å². The van der Waals surface area contributed by atoms with E-state index in [0.29, 0.717) is 0 Å². The lowest BCUT2D eigenvalue weighted by molar-refractivity contribution is -0.341. The maximum Gasteiger partial charge on any atom is 0.187 e. The topological polar surface area (TPSA) is 195 Å². The normalized spacial score (nSPS) is 51.7. The van der Waals surface area contributed by atoms with Crippen LogP contribution in [-0.2, 0) is 14.2 Å². The van der Waals surface area contributed by atoms with E-state index in [9.17, 15) is 30.6 Å². The molecule has 136 valence electrons. The van der Waals surface area contributed by atoms with Gasteiger partial charge in [0, 0.05) is 0 Å². The van der Waals surface area contributed by atoms with Crippen LogP contribution in [0.4, 0.5) is 0 Å². The summed E-state index contributed by atoms with van der Waals surface area (Å²) in [5, 5.41) is 67.4. The average molecular weight is 341 g/mol. The molecule has 11 heteroatoms. The molecule has 2 saturated heterocycles. The summed E-state index contributed by atoms with van der Waals surface area (Å²) >= 11 is 0. The maximum absolute atomic E-state index is 10.0. The minimum atomic E-state index is -1.69. The summed E-state index contributed by atoms with van der Waals surface area (Å²) < 4.78 is 15.6. The molecule has 0 aromatic rings. The van der Waals surface area contributed by atoms with Crippen LogP contribution in [0.25, 0.3) is 0 Å². The van der Waals surface area contributed by atoms with Crippen LogP contribution in [0.1, 0.15) is 0 Å². The van der Waals surface area contributed by atoms with E-state index in [0.717, 1.165) is 0 Å². The number of rotatable bonds is 4. The van der Waals surface area contributed by atoms with Crippen molar-refractivity contribution in [3.05, 3.63) is 0 Å². The predicted octanol–water partition coefficient (Wildman–Crippen LogP) is -5.43. The Morgan fingerprint density at radius 2 is 1.35 bits per heavy atom. The fraction of sp³-hybridized carbons (Fsp3) is 1.00. The van der Waals surface area contributed by atoms with Gasteiger partial charge in [-0.25, -0.2) is 0 Å². The van der Waals surface area contributed by atoms with E-state index in [4.69, 9.17) is 25.1 Å². The molecule has 0 saturated carbocycles.